The van der Waals surface area contributed by atoms with Gasteiger partial charge in [-0.05, 0) is 0 Å². The number of carbonyl (C=O) groups is 1. The molecule has 0 spiro atoms. The molecule has 0 amide bonds. The molecule has 0 aliphatic heterocycles. The molecule has 0 fully saturated rings. The third kappa shape index (κ3) is 3.07. The van der Waals surface area contributed by atoms with E-state index in [1.807, 2.05) is 0 Å². The number of benzene rings is 1. The van der Waals surface area contributed by atoms with Crippen LogP contribution in [-0.2, 0) is 9.09 Å². The second kappa shape index (κ2) is 4.51. The highest BCUT2D eigenvalue weighted by molar-refractivity contribution is 7.53. The van der Waals surface area contributed by atoms with Crippen LogP contribution in [0.2, 0.25) is 0 Å². The largest absolute Gasteiger partial charge is 0.335 e. The Morgan fingerprint density at radius 2 is 2.00 bits per heavy atom. The van der Waals surface area contributed by atoms with Gasteiger partial charge in [-0.1, -0.05) is 30.3 Å². The van der Waals surface area contributed by atoms with E-state index in [2.05, 4.69) is 4.52 Å². The van der Waals surface area contributed by atoms with Crippen molar-refractivity contribution in [2.75, 3.05) is 13.3 Å². The van der Waals surface area contributed by atoms with Gasteiger partial charge in [-0.2, -0.15) is 0 Å². The minimum absolute atomic E-state index is 0.390. The summed E-state index contributed by atoms with van der Waals surface area (Å²) in [6.07, 6.45) is -0.479. The van der Waals surface area contributed by atoms with Crippen molar-refractivity contribution in [3.05, 3.63) is 35.9 Å². The summed E-state index contributed by atoms with van der Waals surface area (Å²) in [5.41, 5.74) is 0.416. The summed E-state index contributed by atoms with van der Waals surface area (Å²) in [7, 11) is -2.63. The fourth-order valence-electron chi connectivity index (χ4n) is 0.961. The molecule has 4 nitrogen and oxygen atoms in total. The summed E-state index contributed by atoms with van der Waals surface area (Å²) in [6.45, 7) is 0. The molecule has 1 aromatic rings. The summed E-state index contributed by atoms with van der Waals surface area (Å²) in [5, 5.41) is 0. The molecule has 0 radical (unpaired) electrons. The zero-order valence-electron chi connectivity index (χ0n) is 7.71. The number of carbonyl (C=O) groups excluding carboxylic acids is 1. The maximum atomic E-state index is 11.4. The van der Waals surface area contributed by atoms with Gasteiger partial charge in [0.15, 0.2) is 5.78 Å². The van der Waals surface area contributed by atoms with Crippen molar-refractivity contribution in [3.8, 4) is 0 Å². The van der Waals surface area contributed by atoms with E-state index in [0.717, 1.165) is 7.11 Å². The number of rotatable bonds is 4. The SMILES string of the molecule is COP(=O)(O)CC(=O)c1ccccc1. The van der Waals surface area contributed by atoms with Gasteiger partial charge in [0, 0.05) is 12.7 Å². The van der Waals surface area contributed by atoms with Crippen molar-refractivity contribution in [2.24, 2.45) is 0 Å². The fraction of sp³-hybridized carbons (Fsp3) is 0.222. The Kier molecular flexibility index (Phi) is 3.58. The van der Waals surface area contributed by atoms with Crippen LogP contribution in [0.5, 0.6) is 0 Å². The molecular formula is C9H11O4P. The van der Waals surface area contributed by atoms with E-state index < -0.39 is 19.5 Å². The molecule has 0 saturated carbocycles. The molecule has 1 atom stereocenters. The predicted molar refractivity (Wildman–Crippen MR) is 52.5 cm³/mol. The number of Topliss-reactive ketones (excluding diaryl/α,β-unsaturated/α-hetero) is 1. The smallest absolute Gasteiger partial charge is 0.324 e. The summed E-state index contributed by atoms with van der Waals surface area (Å²) < 4.78 is 15.4. The molecular weight excluding hydrogens is 203 g/mol. The topological polar surface area (TPSA) is 63.6 Å². The Morgan fingerprint density at radius 1 is 1.43 bits per heavy atom. The maximum absolute atomic E-state index is 11.4. The summed E-state index contributed by atoms with van der Waals surface area (Å²) >= 11 is 0. The van der Waals surface area contributed by atoms with Crippen molar-refractivity contribution >= 4 is 13.4 Å². The van der Waals surface area contributed by atoms with Crippen molar-refractivity contribution in [3.63, 3.8) is 0 Å². The van der Waals surface area contributed by atoms with E-state index in [1.165, 1.54) is 0 Å². The van der Waals surface area contributed by atoms with Crippen molar-refractivity contribution in [1.29, 1.82) is 0 Å². The lowest BCUT2D eigenvalue weighted by Crippen LogP contribution is -2.06. The number of ketones is 1. The average Bonchev–Trinajstić information content (AvgIpc) is 2.19. The highest BCUT2D eigenvalue weighted by Crippen LogP contribution is 2.40. The Bertz CT molecular complexity index is 360. The van der Waals surface area contributed by atoms with Crippen LogP contribution in [0.3, 0.4) is 0 Å². The Hall–Kier alpha value is -0.960. The second-order valence-corrected chi connectivity index (χ2v) is 4.72. The zero-order chi connectivity index (χ0) is 10.6. The molecule has 14 heavy (non-hydrogen) atoms. The lowest BCUT2D eigenvalue weighted by atomic mass is 10.2. The maximum Gasteiger partial charge on any atom is 0.335 e. The van der Waals surface area contributed by atoms with Gasteiger partial charge in [-0.15, -0.1) is 0 Å². The lowest BCUT2D eigenvalue weighted by Gasteiger charge is -2.07. The van der Waals surface area contributed by atoms with E-state index in [9.17, 15) is 9.36 Å². The summed E-state index contributed by atoms with van der Waals surface area (Å²) in [4.78, 5) is 20.5. The van der Waals surface area contributed by atoms with E-state index in [1.54, 1.807) is 30.3 Å². The molecule has 0 bridgehead atoms. The fourth-order valence-corrected chi connectivity index (χ4v) is 1.64. The molecule has 1 rings (SSSR count). The zero-order valence-corrected chi connectivity index (χ0v) is 8.61. The Balaban J connectivity index is 2.74. The van der Waals surface area contributed by atoms with Crippen LogP contribution in [0.4, 0.5) is 0 Å². The Morgan fingerprint density at radius 3 is 2.50 bits per heavy atom. The van der Waals surface area contributed by atoms with Crippen LogP contribution in [-0.4, -0.2) is 23.9 Å². The standard InChI is InChI=1S/C9H11O4P/c1-13-14(11,12)7-9(10)8-5-3-2-4-6-8/h2-6H,7H2,1H3,(H,11,12). The van der Waals surface area contributed by atoms with Gasteiger partial charge >= 0.3 is 7.60 Å². The first-order valence-corrected chi connectivity index (χ1v) is 5.77. The molecule has 1 N–H and O–H groups in total. The number of hydrogen-bond donors (Lipinski definition) is 1. The molecule has 0 aliphatic carbocycles. The number of hydrogen-bond acceptors (Lipinski definition) is 3. The first kappa shape index (κ1) is 11.1. The molecule has 76 valence electrons. The van der Waals surface area contributed by atoms with Gasteiger partial charge in [0.2, 0.25) is 0 Å². The van der Waals surface area contributed by atoms with Gasteiger partial charge in [0.1, 0.15) is 6.16 Å². The van der Waals surface area contributed by atoms with E-state index in [-0.39, 0.29) is 0 Å². The van der Waals surface area contributed by atoms with E-state index >= 15 is 0 Å². The van der Waals surface area contributed by atoms with Crippen LogP contribution in [0.15, 0.2) is 30.3 Å². The minimum Gasteiger partial charge on any atom is -0.324 e. The van der Waals surface area contributed by atoms with Crippen molar-refractivity contribution in [1.82, 2.24) is 0 Å². The van der Waals surface area contributed by atoms with Crippen LogP contribution < -0.4 is 0 Å². The van der Waals surface area contributed by atoms with E-state index in [0.29, 0.717) is 5.56 Å². The van der Waals surface area contributed by atoms with Crippen LogP contribution in [0.1, 0.15) is 10.4 Å². The normalized spacial score (nSPS) is 14.7. The second-order valence-electron chi connectivity index (χ2n) is 2.77. The lowest BCUT2D eigenvalue weighted by molar-refractivity contribution is 0.101. The van der Waals surface area contributed by atoms with E-state index in [4.69, 9.17) is 4.89 Å². The summed E-state index contributed by atoms with van der Waals surface area (Å²) in [6, 6.07) is 8.35. The molecule has 0 saturated heterocycles. The van der Waals surface area contributed by atoms with Crippen LogP contribution >= 0.6 is 7.60 Å². The van der Waals surface area contributed by atoms with Gasteiger partial charge < -0.3 is 9.42 Å². The molecule has 0 aliphatic rings. The molecule has 0 heterocycles. The first-order chi connectivity index (χ1) is 6.55. The van der Waals surface area contributed by atoms with Gasteiger partial charge in [-0.3, -0.25) is 9.36 Å². The highest BCUT2D eigenvalue weighted by Gasteiger charge is 2.22. The predicted octanol–water partition coefficient (Wildman–Crippen LogP) is 1.70. The molecule has 5 heteroatoms. The van der Waals surface area contributed by atoms with Gasteiger partial charge in [0.05, 0.1) is 0 Å². The van der Waals surface area contributed by atoms with Crippen LogP contribution in [0, 0.1) is 0 Å². The van der Waals surface area contributed by atoms with Gasteiger partial charge in [0.25, 0.3) is 0 Å². The van der Waals surface area contributed by atoms with Gasteiger partial charge in [-0.25, -0.2) is 0 Å². The average molecular weight is 214 g/mol. The summed E-state index contributed by atoms with van der Waals surface area (Å²) in [5.74, 6) is -0.390. The minimum atomic E-state index is -3.74. The van der Waals surface area contributed by atoms with Crippen molar-refractivity contribution in [2.45, 2.75) is 0 Å². The quantitative estimate of drug-likeness (QED) is 0.612. The van der Waals surface area contributed by atoms with Crippen LogP contribution in [0.25, 0.3) is 0 Å². The van der Waals surface area contributed by atoms with Crippen molar-refractivity contribution < 1.29 is 18.8 Å². The monoisotopic (exact) mass is 214 g/mol. The third-order valence-corrected chi connectivity index (χ3v) is 2.98. The molecule has 1 unspecified atom stereocenters. The third-order valence-electron chi connectivity index (χ3n) is 1.72. The molecule has 0 aromatic heterocycles. The Labute approximate surface area is 82.1 Å². The molecule has 1 aromatic carbocycles. The highest BCUT2D eigenvalue weighted by atomic mass is 31.2. The first-order valence-electron chi connectivity index (χ1n) is 4.01.